The summed E-state index contributed by atoms with van der Waals surface area (Å²) in [4.78, 5) is 25.6. The molecule has 7 heteroatoms. The molecule has 1 saturated carbocycles. The molecule has 2 amide bonds. The van der Waals surface area contributed by atoms with Crippen molar-refractivity contribution in [1.82, 2.24) is 20.2 Å². The van der Waals surface area contributed by atoms with Crippen molar-refractivity contribution >= 4 is 11.8 Å². The Morgan fingerprint density at radius 2 is 2.04 bits per heavy atom. The summed E-state index contributed by atoms with van der Waals surface area (Å²) in [7, 11) is 0. The van der Waals surface area contributed by atoms with Crippen LogP contribution in [0.5, 0.6) is 0 Å². The van der Waals surface area contributed by atoms with Crippen molar-refractivity contribution in [2.45, 2.75) is 32.0 Å². The molecule has 2 aliphatic rings. The lowest BCUT2D eigenvalue weighted by molar-refractivity contribution is 0.122. The van der Waals surface area contributed by atoms with Crippen molar-refractivity contribution < 1.29 is 9.53 Å². The van der Waals surface area contributed by atoms with Gasteiger partial charge >= 0.3 is 6.03 Å². The number of amides is 2. The van der Waals surface area contributed by atoms with Gasteiger partial charge in [0.15, 0.2) is 0 Å². The molecule has 1 aliphatic carbocycles. The maximum Gasteiger partial charge on any atom is 0.318 e. The van der Waals surface area contributed by atoms with Gasteiger partial charge in [-0.1, -0.05) is 6.07 Å². The Bertz CT molecular complexity index is 760. The largest absolute Gasteiger partial charge is 0.378 e. The first-order chi connectivity index (χ1) is 13.3. The first-order valence-corrected chi connectivity index (χ1v) is 9.51. The van der Waals surface area contributed by atoms with Crippen molar-refractivity contribution in [2.24, 2.45) is 0 Å². The summed E-state index contributed by atoms with van der Waals surface area (Å²) in [6.07, 6.45) is 5.70. The van der Waals surface area contributed by atoms with Crippen LogP contribution in [0.1, 0.15) is 24.1 Å². The summed E-state index contributed by atoms with van der Waals surface area (Å²) in [5.41, 5.74) is 1.96. The number of hydrogen-bond acceptors (Lipinski definition) is 5. The molecule has 2 aromatic rings. The zero-order valence-electron chi connectivity index (χ0n) is 15.4. The van der Waals surface area contributed by atoms with E-state index in [1.54, 1.807) is 12.4 Å². The molecule has 1 saturated heterocycles. The van der Waals surface area contributed by atoms with Crippen LogP contribution in [0.25, 0.3) is 0 Å². The second-order valence-corrected chi connectivity index (χ2v) is 6.96. The summed E-state index contributed by atoms with van der Waals surface area (Å²) in [6.45, 7) is 4.20. The Morgan fingerprint density at radius 1 is 1.19 bits per heavy atom. The predicted octanol–water partition coefficient (Wildman–Crippen LogP) is 2.19. The van der Waals surface area contributed by atoms with E-state index in [0.29, 0.717) is 19.1 Å². The molecule has 7 nitrogen and oxygen atoms in total. The first-order valence-electron chi connectivity index (χ1n) is 9.51. The van der Waals surface area contributed by atoms with Gasteiger partial charge in [-0.15, -0.1) is 0 Å². The third-order valence-electron chi connectivity index (χ3n) is 4.90. The molecule has 2 fully saturated rings. The van der Waals surface area contributed by atoms with E-state index in [9.17, 15) is 4.79 Å². The van der Waals surface area contributed by atoms with E-state index in [2.05, 4.69) is 20.2 Å². The molecule has 0 bridgehead atoms. The highest BCUT2D eigenvalue weighted by Gasteiger charge is 2.32. The number of hydrogen-bond donors (Lipinski definition) is 1. The average Bonchev–Trinajstić information content (AvgIpc) is 3.57. The van der Waals surface area contributed by atoms with Crippen molar-refractivity contribution in [3.63, 3.8) is 0 Å². The summed E-state index contributed by atoms with van der Waals surface area (Å²) < 4.78 is 5.40. The average molecular weight is 367 g/mol. The normalized spacial score (nSPS) is 16.8. The van der Waals surface area contributed by atoms with Crippen molar-refractivity contribution in [3.8, 4) is 0 Å². The predicted molar refractivity (Wildman–Crippen MR) is 102 cm³/mol. The zero-order chi connectivity index (χ0) is 18.5. The van der Waals surface area contributed by atoms with Crippen LogP contribution in [0.15, 0.2) is 42.7 Å². The third-order valence-corrected chi connectivity index (χ3v) is 4.90. The molecule has 1 N–H and O–H groups in total. The van der Waals surface area contributed by atoms with Crippen LogP contribution < -0.4 is 10.2 Å². The Morgan fingerprint density at radius 3 is 2.78 bits per heavy atom. The van der Waals surface area contributed by atoms with Crippen LogP contribution in [0.2, 0.25) is 0 Å². The number of rotatable bonds is 6. The van der Waals surface area contributed by atoms with E-state index in [-0.39, 0.29) is 6.03 Å². The molecule has 2 aromatic heterocycles. The van der Waals surface area contributed by atoms with Crippen LogP contribution in [-0.4, -0.2) is 53.2 Å². The minimum Gasteiger partial charge on any atom is -0.378 e. The third kappa shape index (κ3) is 4.74. The molecule has 142 valence electrons. The zero-order valence-corrected chi connectivity index (χ0v) is 15.4. The second kappa shape index (κ2) is 8.35. The summed E-state index contributed by atoms with van der Waals surface area (Å²) in [6, 6.07) is 10.1. The summed E-state index contributed by atoms with van der Waals surface area (Å²) in [5.74, 6) is 0.942. The Hall–Kier alpha value is -2.67. The highest BCUT2D eigenvalue weighted by Crippen LogP contribution is 2.28. The number of nitrogens with one attached hydrogen (secondary N) is 1. The first kappa shape index (κ1) is 17.7. The molecular weight excluding hydrogens is 342 g/mol. The smallest absolute Gasteiger partial charge is 0.318 e. The van der Waals surface area contributed by atoms with Gasteiger partial charge in [0, 0.05) is 38.1 Å². The van der Waals surface area contributed by atoms with Crippen molar-refractivity contribution in [1.29, 1.82) is 0 Å². The van der Waals surface area contributed by atoms with E-state index in [1.807, 2.05) is 35.2 Å². The van der Waals surface area contributed by atoms with Gasteiger partial charge in [-0.2, -0.15) is 0 Å². The molecule has 0 aromatic carbocycles. The monoisotopic (exact) mass is 367 g/mol. The number of morpholine rings is 1. The standard InChI is InChI=1S/C20H25N5O2/c26-20(25(18-4-5-18)15-17-3-1-2-7-21-17)23-14-16-6-8-22-19(13-16)24-9-11-27-12-10-24/h1-3,6-8,13,18H,4-5,9-12,14-15H2,(H,23,26). The number of anilines is 1. The maximum atomic E-state index is 12.7. The van der Waals surface area contributed by atoms with Gasteiger partial charge in [0.25, 0.3) is 0 Å². The Balaban J connectivity index is 1.36. The van der Waals surface area contributed by atoms with E-state index in [1.165, 1.54) is 0 Å². The minimum atomic E-state index is -0.0344. The van der Waals surface area contributed by atoms with Crippen LogP contribution >= 0.6 is 0 Å². The van der Waals surface area contributed by atoms with Gasteiger partial charge in [0.05, 0.1) is 25.5 Å². The van der Waals surface area contributed by atoms with Gasteiger partial charge in [0.2, 0.25) is 0 Å². The molecule has 4 rings (SSSR count). The van der Waals surface area contributed by atoms with E-state index < -0.39 is 0 Å². The van der Waals surface area contributed by atoms with Crippen LogP contribution in [0.4, 0.5) is 10.6 Å². The maximum absolute atomic E-state index is 12.7. The summed E-state index contributed by atoms with van der Waals surface area (Å²) >= 11 is 0. The van der Waals surface area contributed by atoms with Gasteiger partial charge in [0.1, 0.15) is 5.82 Å². The highest BCUT2D eigenvalue weighted by molar-refractivity contribution is 5.75. The van der Waals surface area contributed by atoms with Gasteiger partial charge < -0.3 is 19.9 Å². The Kier molecular flexibility index (Phi) is 5.48. The molecular formula is C20H25N5O2. The highest BCUT2D eigenvalue weighted by atomic mass is 16.5. The molecule has 3 heterocycles. The van der Waals surface area contributed by atoms with Gasteiger partial charge in [-0.3, -0.25) is 4.98 Å². The lowest BCUT2D eigenvalue weighted by atomic mass is 10.2. The van der Waals surface area contributed by atoms with E-state index in [0.717, 1.165) is 56.2 Å². The van der Waals surface area contributed by atoms with Crippen LogP contribution in [0.3, 0.4) is 0 Å². The topological polar surface area (TPSA) is 70.6 Å². The minimum absolute atomic E-state index is 0.0344. The quantitative estimate of drug-likeness (QED) is 0.847. The lowest BCUT2D eigenvalue weighted by Gasteiger charge is -2.28. The van der Waals surface area contributed by atoms with Crippen LogP contribution in [0, 0.1) is 0 Å². The number of carbonyl (C=O) groups is 1. The van der Waals surface area contributed by atoms with Crippen LogP contribution in [-0.2, 0) is 17.8 Å². The fraction of sp³-hybridized carbons (Fsp3) is 0.450. The fourth-order valence-corrected chi connectivity index (χ4v) is 3.23. The molecule has 0 atom stereocenters. The SMILES string of the molecule is O=C(NCc1ccnc(N2CCOCC2)c1)N(Cc1ccccn1)C1CC1. The number of urea groups is 1. The van der Waals surface area contributed by atoms with E-state index >= 15 is 0 Å². The van der Waals surface area contributed by atoms with Gasteiger partial charge in [-0.25, -0.2) is 9.78 Å². The summed E-state index contributed by atoms with van der Waals surface area (Å²) in [5, 5.41) is 3.06. The molecule has 0 unspecified atom stereocenters. The van der Waals surface area contributed by atoms with Gasteiger partial charge in [-0.05, 0) is 42.7 Å². The van der Waals surface area contributed by atoms with E-state index in [4.69, 9.17) is 4.74 Å². The van der Waals surface area contributed by atoms with Crippen molar-refractivity contribution in [2.75, 3.05) is 31.2 Å². The molecule has 0 radical (unpaired) electrons. The fourth-order valence-electron chi connectivity index (χ4n) is 3.23. The number of pyridine rings is 2. The number of carbonyl (C=O) groups excluding carboxylic acids is 1. The number of nitrogens with zero attached hydrogens (tertiary/aromatic N) is 4. The number of ether oxygens (including phenoxy) is 1. The Labute approximate surface area is 159 Å². The molecule has 1 aliphatic heterocycles. The lowest BCUT2D eigenvalue weighted by Crippen LogP contribution is -2.40. The molecule has 27 heavy (non-hydrogen) atoms. The number of aromatic nitrogens is 2. The van der Waals surface area contributed by atoms with Crippen molar-refractivity contribution in [3.05, 3.63) is 54.0 Å². The second-order valence-electron chi connectivity index (χ2n) is 6.96. The molecule has 0 spiro atoms.